The number of rotatable bonds is 5. The van der Waals surface area contributed by atoms with Crippen molar-refractivity contribution < 1.29 is 10.0 Å². The van der Waals surface area contributed by atoms with E-state index < -0.39 is 4.92 Å². The van der Waals surface area contributed by atoms with Crippen LogP contribution in [0.1, 0.15) is 55.4 Å². The van der Waals surface area contributed by atoms with Gasteiger partial charge in [-0.3, -0.25) is 19.8 Å². The molecule has 0 amide bonds. The molecule has 0 saturated heterocycles. The van der Waals surface area contributed by atoms with Crippen LogP contribution >= 0.6 is 0 Å². The SMILES string of the molecule is O=[N+]([O-])c1ccc(N2N=C(c3cccc(O)c3)CC2c2ccnn2C2CCCC2)cc1. The van der Waals surface area contributed by atoms with Gasteiger partial charge in [0.2, 0.25) is 0 Å². The Morgan fingerprint density at radius 3 is 2.55 bits per heavy atom. The van der Waals surface area contributed by atoms with Crippen LogP contribution in [0.5, 0.6) is 5.75 Å². The second kappa shape index (κ2) is 7.86. The first-order valence-electron chi connectivity index (χ1n) is 10.5. The summed E-state index contributed by atoms with van der Waals surface area (Å²) in [4.78, 5) is 10.7. The molecule has 31 heavy (non-hydrogen) atoms. The minimum Gasteiger partial charge on any atom is -0.508 e. The van der Waals surface area contributed by atoms with Crippen LogP contribution in [0, 0.1) is 10.1 Å². The molecule has 1 saturated carbocycles. The Balaban J connectivity index is 1.55. The molecule has 0 radical (unpaired) electrons. The number of aromatic hydroxyl groups is 1. The van der Waals surface area contributed by atoms with Gasteiger partial charge in [-0.05, 0) is 43.2 Å². The maximum atomic E-state index is 11.1. The predicted octanol–water partition coefficient (Wildman–Crippen LogP) is 4.97. The summed E-state index contributed by atoms with van der Waals surface area (Å²) < 4.78 is 2.14. The Hall–Kier alpha value is -3.68. The first-order chi connectivity index (χ1) is 15.1. The fourth-order valence-electron chi connectivity index (χ4n) is 4.61. The molecular formula is C23H23N5O3. The normalized spacial score (nSPS) is 19.0. The molecule has 1 aliphatic heterocycles. The van der Waals surface area contributed by atoms with E-state index in [1.807, 2.05) is 23.3 Å². The lowest BCUT2D eigenvalue weighted by Crippen LogP contribution is -2.23. The monoisotopic (exact) mass is 417 g/mol. The molecule has 5 rings (SSSR count). The molecule has 1 unspecified atom stereocenters. The number of phenolic OH excluding ortho intramolecular Hbond substituents is 1. The lowest BCUT2D eigenvalue weighted by Gasteiger charge is -2.26. The molecule has 1 aromatic heterocycles. The Morgan fingerprint density at radius 2 is 1.84 bits per heavy atom. The van der Waals surface area contributed by atoms with Crippen molar-refractivity contribution in [3.8, 4) is 5.75 Å². The first-order valence-corrected chi connectivity index (χ1v) is 10.5. The number of hydrogen-bond donors (Lipinski definition) is 1. The van der Waals surface area contributed by atoms with Crippen LogP contribution in [0.4, 0.5) is 11.4 Å². The zero-order chi connectivity index (χ0) is 21.4. The number of phenols is 1. The van der Waals surface area contributed by atoms with Gasteiger partial charge in [0, 0.05) is 30.3 Å². The van der Waals surface area contributed by atoms with Gasteiger partial charge in [0.05, 0.1) is 34.1 Å². The van der Waals surface area contributed by atoms with E-state index in [0.717, 1.165) is 35.5 Å². The van der Waals surface area contributed by atoms with Crippen LogP contribution in [-0.2, 0) is 0 Å². The van der Waals surface area contributed by atoms with Crippen molar-refractivity contribution in [3.05, 3.63) is 82.2 Å². The van der Waals surface area contributed by atoms with E-state index in [1.165, 1.54) is 25.0 Å². The summed E-state index contributed by atoms with van der Waals surface area (Å²) in [5, 5.41) is 32.4. The molecular weight excluding hydrogens is 394 g/mol. The van der Waals surface area contributed by atoms with Crippen molar-refractivity contribution in [2.24, 2.45) is 5.10 Å². The Morgan fingerprint density at radius 1 is 1.06 bits per heavy atom. The van der Waals surface area contributed by atoms with E-state index in [1.54, 1.807) is 30.3 Å². The van der Waals surface area contributed by atoms with E-state index >= 15 is 0 Å². The van der Waals surface area contributed by atoms with Crippen LogP contribution in [-0.4, -0.2) is 25.5 Å². The number of hydrogen-bond acceptors (Lipinski definition) is 6. The largest absolute Gasteiger partial charge is 0.508 e. The van der Waals surface area contributed by atoms with E-state index in [2.05, 4.69) is 9.78 Å². The third kappa shape index (κ3) is 3.65. The summed E-state index contributed by atoms with van der Waals surface area (Å²) in [7, 11) is 0. The molecule has 8 heteroatoms. The van der Waals surface area contributed by atoms with Gasteiger partial charge < -0.3 is 5.11 Å². The third-order valence-corrected chi connectivity index (χ3v) is 6.13. The molecule has 1 fully saturated rings. The Kier molecular flexibility index (Phi) is 4.89. The topological polar surface area (TPSA) is 96.8 Å². The van der Waals surface area contributed by atoms with Crippen molar-refractivity contribution in [1.29, 1.82) is 0 Å². The maximum absolute atomic E-state index is 11.1. The minimum atomic E-state index is -0.401. The van der Waals surface area contributed by atoms with Gasteiger partial charge in [-0.15, -0.1) is 0 Å². The second-order valence-electron chi connectivity index (χ2n) is 8.07. The number of aromatic nitrogens is 2. The smallest absolute Gasteiger partial charge is 0.269 e. The number of hydrazone groups is 1. The number of nitro benzene ring substituents is 1. The zero-order valence-electron chi connectivity index (χ0n) is 17.0. The van der Waals surface area contributed by atoms with Crippen molar-refractivity contribution >= 4 is 17.1 Å². The summed E-state index contributed by atoms with van der Waals surface area (Å²) in [5.41, 5.74) is 3.64. The summed E-state index contributed by atoms with van der Waals surface area (Å²) in [5.74, 6) is 0.196. The molecule has 158 valence electrons. The van der Waals surface area contributed by atoms with Crippen molar-refractivity contribution in [2.75, 3.05) is 5.01 Å². The lowest BCUT2D eigenvalue weighted by molar-refractivity contribution is -0.384. The molecule has 8 nitrogen and oxygen atoms in total. The molecule has 0 spiro atoms. The van der Waals surface area contributed by atoms with Crippen LogP contribution in [0.15, 0.2) is 65.9 Å². The highest BCUT2D eigenvalue weighted by Crippen LogP contribution is 2.40. The molecule has 1 aliphatic carbocycles. The quantitative estimate of drug-likeness (QED) is 0.467. The fourth-order valence-corrected chi connectivity index (χ4v) is 4.61. The summed E-state index contributed by atoms with van der Waals surface area (Å²) >= 11 is 0. The van der Waals surface area contributed by atoms with E-state index in [-0.39, 0.29) is 17.5 Å². The summed E-state index contributed by atoms with van der Waals surface area (Å²) in [6, 6.07) is 15.9. The Labute approximate surface area is 179 Å². The van der Waals surface area contributed by atoms with Crippen LogP contribution < -0.4 is 5.01 Å². The first kappa shape index (κ1) is 19.3. The van der Waals surface area contributed by atoms with E-state index in [9.17, 15) is 15.2 Å². The number of benzene rings is 2. The predicted molar refractivity (Wildman–Crippen MR) is 117 cm³/mol. The number of nitrogens with zero attached hydrogens (tertiary/aromatic N) is 5. The number of nitro groups is 1. The highest BCUT2D eigenvalue weighted by atomic mass is 16.6. The molecule has 3 aromatic rings. The van der Waals surface area contributed by atoms with E-state index in [4.69, 9.17) is 5.10 Å². The minimum absolute atomic E-state index is 0.0488. The fraction of sp³-hybridized carbons (Fsp3) is 0.304. The van der Waals surface area contributed by atoms with Crippen LogP contribution in [0.25, 0.3) is 0 Å². The summed E-state index contributed by atoms with van der Waals surface area (Å²) in [6.07, 6.45) is 7.17. The average molecular weight is 417 g/mol. The van der Waals surface area contributed by atoms with Gasteiger partial charge in [0.15, 0.2) is 0 Å². The van der Waals surface area contributed by atoms with E-state index in [0.29, 0.717) is 12.5 Å². The van der Waals surface area contributed by atoms with Crippen molar-refractivity contribution in [2.45, 2.75) is 44.2 Å². The molecule has 1 atom stereocenters. The van der Waals surface area contributed by atoms with Gasteiger partial charge in [0.25, 0.3) is 5.69 Å². The number of non-ortho nitro benzene ring substituents is 1. The van der Waals surface area contributed by atoms with Gasteiger partial charge in [-0.1, -0.05) is 25.0 Å². The third-order valence-electron chi connectivity index (χ3n) is 6.13. The molecule has 2 heterocycles. The van der Waals surface area contributed by atoms with Gasteiger partial charge in [-0.25, -0.2) is 0 Å². The lowest BCUT2D eigenvalue weighted by atomic mass is 10.0. The highest BCUT2D eigenvalue weighted by molar-refractivity contribution is 6.03. The Bertz CT molecular complexity index is 1130. The van der Waals surface area contributed by atoms with Gasteiger partial charge >= 0.3 is 0 Å². The molecule has 1 N–H and O–H groups in total. The second-order valence-corrected chi connectivity index (χ2v) is 8.07. The van der Waals surface area contributed by atoms with Crippen molar-refractivity contribution in [1.82, 2.24) is 9.78 Å². The summed E-state index contributed by atoms with van der Waals surface area (Å²) in [6.45, 7) is 0. The van der Waals surface area contributed by atoms with Gasteiger partial charge in [0.1, 0.15) is 5.75 Å². The average Bonchev–Trinajstić information content (AvgIpc) is 3.53. The molecule has 0 bridgehead atoms. The maximum Gasteiger partial charge on any atom is 0.269 e. The molecule has 2 aromatic carbocycles. The standard InChI is InChI=1S/C23H23N5O3/c29-20-7-3-4-16(14-20)21-15-23(22-12-13-24-26(22)17-5-1-2-6-17)27(25-21)18-8-10-19(11-9-18)28(30)31/h3-4,7-14,17,23,29H,1-2,5-6,15H2. The van der Waals surface area contributed by atoms with Crippen molar-refractivity contribution in [3.63, 3.8) is 0 Å². The zero-order valence-corrected chi connectivity index (χ0v) is 17.0. The van der Waals surface area contributed by atoms with Crippen LogP contribution in [0.2, 0.25) is 0 Å². The van der Waals surface area contributed by atoms with Gasteiger partial charge in [-0.2, -0.15) is 10.2 Å². The highest BCUT2D eigenvalue weighted by Gasteiger charge is 2.34. The molecule has 2 aliphatic rings. The van der Waals surface area contributed by atoms with Crippen LogP contribution in [0.3, 0.4) is 0 Å². The number of anilines is 1.